The Hall–Kier alpha value is -2.60. The minimum atomic E-state index is -0.0421. The first-order chi connectivity index (χ1) is 14.1. The summed E-state index contributed by atoms with van der Waals surface area (Å²) in [4.78, 5) is 14.6. The van der Waals surface area contributed by atoms with E-state index in [1.807, 2.05) is 43.4 Å². The highest BCUT2D eigenvalue weighted by molar-refractivity contribution is 9.10. The first-order valence-corrected chi connectivity index (χ1v) is 10.7. The van der Waals surface area contributed by atoms with Crippen molar-refractivity contribution in [2.45, 2.75) is 39.3 Å². The second-order valence-corrected chi connectivity index (χ2v) is 9.34. The van der Waals surface area contributed by atoms with Gasteiger partial charge in [-0.25, -0.2) is 0 Å². The lowest BCUT2D eigenvalue weighted by atomic mass is 9.87. The van der Waals surface area contributed by atoms with E-state index in [-0.39, 0.29) is 11.3 Å². The number of benzene rings is 2. The molecule has 0 saturated carbocycles. The van der Waals surface area contributed by atoms with Crippen LogP contribution in [0.15, 0.2) is 59.2 Å². The van der Waals surface area contributed by atoms with Crippen LogP contribution in [0.25, 0.3) is 0 Å². The number of amides is 1. The number of rotatable bonds is 6. The lowest BCUT2D eigenvalue weighted by Gasteiger charge is -2.19. The Balaban J connectivity index is 1.64. The van der Waals surface area contributed by atoms with Crippen LogP contribution in [0.4, 0.5) is 0 Å². The third kappa shape index (κ3) is 5.30. The van der Waals surface area contributed by atoms with E-state index >= 15 is 0 Å². The summed E-state index contributed by atoms with van der Waals surface area (Å²) in [6.45, 7) is 7.45. The van der Waals surface area contributed by atoms with Crippen LogP contribution in [-0.4, -0.2) is 27.6 Å². The molecule has 5 nitrogen and oxygen atoms in total. The van der Waals surface area contributed by atoms with Gasteiger partial charge in [0.25, 0.3) is 5.91 Å². The maximum absolute atomic E-state index is 12.9. The number of hydrogen-bond acceptors (Lipinski definition) is 3. The number of carbonyl (C=O) groups is 1. The lowest BCUT2D eigenvalue weighted by molar-refractivity contribution is 0.0781. The van der Waals surface area contributed by atoms with E-state index in [1.165, 1.54) is 5.56 Å². The number of nitrogens with zero attached hydrogens (tertiary/aromatic N) is 3. The van der Waals surface area contributed by atoms with Gasteiger partial charge in [-0.3, -0.25) is 9.48 Å². The fourth-order valence-corrected chi connectivity index (χ4v) is 3.62. The molecule has 0 unspecified atom stereocenters. The smallest absolute Gasteiger partial charge is 0.253 e. The van der Waals surface area contributed by atoms with Gasteiger partial charge in [0.05, 0.1) is 22.9 Å². The minimum absolute atomic E-state index is 0.0421. The molecule has 0 N–H and O–H groups in total. The van der Waals surface area contributed by atoms with Crippen LogP contribution in [0.3, 0.4) is 0 Å². The molecule has 1 amide bonds. The van der Waals surface area contributed by atoms with Crippen molar-refractivity contribution in [3.05, 3.63) is 81.6 Å². The van der Waals surface area contributed by atoms with Crippen LogP contribution in [0.2, 0.25) is 0 Å². The lowest BCUT2D eigenvalue weighted by Crippen LogP contribution is -2.27. The molecule has 0 aliphatic rings. The van der Waals surface area contributed by atoms with Crippen molar-refractivity contribution in [1.82, 2.24) is 14.7 Å². The summed E-state index contributed by atoms with van der Waals surface area (Å²) >= 11 is 3.48. The Bertz CT molecular complexity index is 1000. The third-order valence-corrected chi connectivity index (χ3v) is 5.71. The molecule has 3 aromatic rings. The number of halogens is 1. The van der Waals surface area contributed by atoms with Gasteiger partial charge >= 0.3 is 0 Å². The summed E-state index contributed by atoms with van der Waals surface area (Å²) in [5.41, 5.74) is 3.93. The van der Waals surface area contributed by atoms with Crippen LogP contribution in [0.5, 0.6) is 5.75 Å². The first-order valence-electron chi connectivity index (χ1n) is 9.89. The van der Waals surface area contributed by atoms with E-state index in [0.717, 1.165) is 21.5 Å². The van der Waals surface area contributed by atoms with Crippen LogP contribution in [0.1, 0.15) is 48.0 Å². The molecular formula is C24H28BrN3O2. The SMILES string of the molecule is CN(Cc1c(Br)cnn1C)C(=O)c1cccc(COc2ccc(C(C)(C)C)cc2)c1. The van der Waals surface area contributed by atoms with Gasteiger partial charge < -0.3 is 9.64 Å². The number of ether oxygens (including phenoxy) is 1. The van der Waals surface area contributed by atoms with Gasteiger partial charge in [-0.05, 0) is 56.7 Å². The van der Waals surface area contributed by atoms with Gasteiger partial charge in [0.2, 0.25) is 0 Å². The van der Waals surface area contributed by atoms with Crippen LogP contribution < -0.4 is 4.74 Å². The average molecular weight is 470 g/mol. The summed E-state index contributed by atoms with van der Waals surface area (Å²) in [7, 11) is 3.66. The summed E-state index contributed by atoms with van der Waals surface area (Å²) < 4.78 is 8.59. The first kappa shape index (κ1) is 22.1. The number of carbonyl (C=O) groups excluding carboxylic acids is 1. The monoisotopic (exact) mass is 469 g/mol. The number of aryl methyl sites for hydroxylation is 1. The predicted octanol–water partition coefficient (Wildman–Crippen LogP) is 5.33. The van der Waals surface area contributed by atoms with Crippen molar-refractivity contribution in [2.75, 3.05) is 7.05 Å². The molecule has 0 aliphatic heterocycles. The van der Waals surface area contributed by atoms with Crippen LogP contribution in [0, 0.1) is 0 Å². The van der Waals surface area contributed by atoms with Crippen molar-refractivity contribution >= 4 is 21.8 Å². The molecule has 0 radical (unpaired) electrons. The van der Waals surface area contributed by atoms with Gasteiger partial charge in [-0.2, -0.15) is 5.10 Å². The second kappa shape index (κ2) is 9.04. The molecule has 0 aliphatic carbocycles. The van der Waals surface area contributed by atoms with Crippen LogP contribution >= 0.6 is 15.9 Å². The van der Waals surface area contributed by atoms with E-state index in [1.54, 1.807) is 22.8 Å². The van der Waals surface area contributed by atoms with E-state index in [9.17, 15) is 4.79 Å². The molecule has 0 bridgehead atoms. The van der Waals surface area contributed by atoms with Crippen molar-refractivity contribution in [3.8, 4) is 5.75 Å². The molecule has 1 aromatic heterocycles. The average Bonchev–Trinajstić information content (AvgIpc) is 3.03. The largest absolute Gasteiger partial charge is 0.489 e. The summed E-state index contributed by atoms with van der Waals surface area (Å²) in [6.07, 6.45) is 1.74. The summed E-state index contributed by atoms with van der Waals surface area (Å²) in [6, 6.07) is 15.8. The Morgan fingerprint density at radius 3 is 2.47 bits per heavy atom. The molecule has 0 spiro atoms. The highest BCUT2D eigenvalue weighted by atomic mass is 79.9. The molecule has 2 aromatic carbocycles. The van der Waals surface area contributed by atoms with Gasteiger partial charge in [0.15, 0.2) is 0 Å². The highest BCUT2D eigenvalue weighted by Crippen LogP contribution is 2.25. The summed E-state index contributed by atoms with van der Waals surface area (Å²) in [5.74, 6) is 0.775. The topological polar surface area (TPSA) is 47.4 Å². The maximum Gasteiger partial charge on any atom is 0.253 e. The molecule has 1 heterocycles. The molecule has 3 rings (SSSR count). The van der Waals surface area contributed by atoms with Crippen molar-refractivity contribution < 1.29 is 9.53 Å². The van der Waals surface area contributed by atoms with Crippen molar-refractivity contribution in [1.29, 1.82) is 0 Å². The quantitative estimate of drug-likeness (QED) is 0.489. The normalized spacial score (nSPS) is 11.4. The maximum atomic E-state index is 12.9. The van der Waals surface area contributed by atoms with E-state index in [0.29, 0.717) is 18.7 Å². The summed E-state index contributed by atoms with van der Waals surface area (Å²) in [5, 5.41) is 4.20. The molecule has 0 saturated heterocycles. The Labute approximate surface area is 186 Å². The Morgan fingerprint density at radius 2 is 1.87 bits per heavy atom. The number of aromatic nitrogens is 2. The van der Waals surface area contributed by atoms with Crippen LogP contribution in [-0.2, 0) is 25.6 Å². The molecular weight excluding hydrogens is 442 g/mol. The molecule has 158 valence electrons. The van der Waals surface area contributed by atoms with Gasteiger partial charge in [0.1, 0.15) is 12.4 Å². The van der Waals surface area contributed by atoms with E-state index in [2.05, 4.69) is 53.9 Å². The molecule has 30 heavy (non-hydrogen) atoms. The molecule has 0 atom stereocenters. The second-order valence-electron chi connectivity index (χ2n) is 8.49. The van der Waals surface area contributed by atoms with Crippen molar-refractivity contribution in [3.63, 3.8) is 0 Å². The Morgan fingerprint density at radius 1 is 1.17 bits per heavy atom. The van der Waals surface area contributed by atoms with Gasteiger partial charge in [-0.1, -0.05) is 45.0 Å². The zero-order valence-corrected chi connectivity index (χ0v) is 19.7. The predicted molar refractivity (Wildman–Crippen MR) is 123 cm³/mol. The zero-order valence-electron chi connectivity index (χ0n) is 18.1. The van der Waals surface area contributed by atoms with Crippen molar-refractivity contribution in [2.24, 2.45) is 7.05 Å². The fourth-order valence-electron chi connectivity index (χ4n) is 3.14. The zero-order chi connectivity index (χ0) is 21.9. The van der Waals surface area contributed by atoms with E-state index in [4.69, 9.17) is 4.74 Å². The third-order valence-electron chi connectivity index (χ3n) is 5.04. The minimum Gasteiger partial charge on any atom is -0.489 e. The van der Waals surface area contributed by atoms with Gasteiger partial charge in [0, 0.05) is 19.7 Å². The fraction of sp³-hybridized carbons (Fsp3) is 0.333. The number of hydrogen-bond donors (Lipinski definition) is 0. The molecule has 0 fully saturated rings. The van der Waals surface area contributed by atoms with Gasteiger partial charge in [-0.15, -0.1) is 0 Å². The standard InChI is InChI=1S/C24H28BrN3O2/c1-24(2,3)19-9-11-20(12-10-19)30-16-17-7-6-8-18(13-17)23(29)27(4)15-22-21(25)14-26-28(22)5/h6-14H,15-16H2,1-5H3. The van der Waals surface area contributed by atoms with E-state index < -0.39 is 0 Å². The molecule has 6 heteroatoms. The Kier molecular flexibility index (Phi) is 6.66. The highest BCUT2D eigenvalue weighted by Gasteiger charge is 2.16.